The van der Waals surface area contributed by atoms with Crippen LogP contribution in [0.1, 0.15) is 25.5 Å². The van der Waals surface area contributed by atoms with E-state index in [-0.39, 0.29) is 17.4 Å². The summed E-state index contributed by atoms with van der Waals surface area (Å²) in [6.07, 6.45) is 2.02. The van der Waals surface area contributed by atoms with Crippen molar-refractivity contribution in [2.45, 2.75) is 37.4 Å². The number of hydrogen-bond donors (Lipinski definition) is 3. The highest BCUT2D eigenvalue weighted by atomic mass is 32.2. The molecule has 1 atom stereocenters. The second-order valence-electron chi connectivity index (χ2n) is 5.12. The van der Waals surface area contributed by atoms with Crippen molar-refractivity contribution in [2.75, 3.05) is 12.3 Å². The van der Waals surface area contributed by atoms with Crippen LogP contribution in [0.2, 0.25) is 0 Å². The molecule has 1 saturated carbocycles. The summed E-state index contributed by atoms with van der Waals surface area (Å²) in [6.45, 7) is 4.40. The average Bonchev–Trinajstić information content (AvgIpc) is 3.17. The fraction of sp³-hybridized carbons (Fsp3) is 0.615. The standard InChI is InChI=1S/C13H20N4O2S/c1-3-15-13(11(14)19,9-4-5-9)7-20-12-16-8(2)6-10(18)17-12/h6,9,15H,3-5,7H2,1-2H3,(H2,14,19)(H,16,17,18). The summed E-state index contributed by atoms with van der Waals surface area (Å²) in [5.41, 5.74) is 5.39. The molecule has 1 aromatic heterocycles. The molecule has 0 aromatic carbocycles. The van der Waals surface area contributed by atoms with Gasteiger partial charge in [0.15, 0.2) is 5.16 Å². The molecular formula is C13H20N4O2S. The minimum Gasteiger partial charge on any atom is -0.368 e. The first-order chi connectivity index (χ1) is 9.48. The first-order valence-corrected chi connectivity index (χ1v) is 7.72. The van der Waals surface area contributed by atoms with Crippen molar-refractivity contribution < 1.29 is 4.79 Å². The van der Waals surface area contributed by atoms with Gasteiger partial charge in [-0.3, -0.25) is 9.59 Å². The molecular weight excluding hydrogens is 276 g/mol. The molecule has 4 N–H and O–H groups in total. The molecule has 0 bridgehead atoms. The molecule has 20 heavy (non-hydrogen) atoms. The van der Waals surface area contributed by atoms with Crippen LogP contribution in [0.4, 0.5) is 0 Å². The Hall–Kier alpha value is -1.34. The molecule has 1 unspecified atom stereocenters. The third-order valence-electron chi connectivity index (χ3n) is 3.49. The maximum absolute atomic E-state index is 11.9. The van der Waals surface area contributed by atoms with Crippen LogP contribution in [-0.4, -0.2) is 33.7 Å². The largest absolute Gasteiger partial charge is 0.368 e. The number of likely N-dealkylation sites (N-methyl/N-ethyl adjacent to an activating group) is 1. The first kappa shape index (κ1) is 15.1. The predicted octanol–water partition coefficient (Wildman–Crippen LogP) is 0.414. The molecule has 110 valence electrons. The van der Waals surface area contributed by atoms with Crippen LogP contribution in [0.5, 0.6) is 0 Å². The van der Waals surface area contributed by atoms with Crippen LogP contribution in [0, 0.1) is 12.8 Å². The molecule has 1 heterocycles. The van der Waals surface area contributed by atoms with Crippen molar-refractivity contribution in [3.05, 3.63) is 22.1 Å². The number of aromatic amines is 1. The summed E-state index contributed by atoms with van der Waals surface area (Å²) in [4.78, 5) is 30.3. The van der Waals surface area contributed by atoms with E-state index in [1.165, 1.54) is 17.8 Å². The Kier molecular flexibility index (Phi) is 4.49. The summed E-state index contributed by atoms with van der Waals surface area (Å²) in [6, 6.07) is 1.44. The molecule has 0 spiro atoms. The van der Waals surface area contributed by atoms with Gasteiger partial charge in [-0.15, -0.1) is 0 Å². The lowest BCUT2D eigenvalue weighted by atomic mass is 9.94. The third-order valence-corrected chi connectivity index (χ3v) is 4.56. The number of amides is 1. The number of hydrogen-bond acceptors (Lipinski definition) is 5. The molecule has 1 aliphatic rings. The van der Waals surface area contributed by atoms with E-state index in [1.807, 2.05) is 6.92 Å². The summed E-state index contributed by atoms with van der Waals surface area (Å²) >= 11 is 1.36. The SMILES string of the molecule is CCNC(CSc1nc(C)cc(=O)[nH]1)(C(N)=O)C1CC1. The van der Waals surface area contributed by atoms with E-state index in [2.05, 4.69) is 15.3 Å². The van der Waals surface area contributed by atoms with E-state index in [0.29, 0.717) is 23.1 Å². The molecule has 1 aromatic rings. The van der Waals surface area contributed by atoms with Gasteiger partial charge in [-0.1, -0.05) is 18.7 Å². The number of carbonyl (C=O) groups excluding carboxylic acids is 1. The lowest BCUT2D eigenvalue weighted by Gasteiger charge is -2.31. The molecule has 7 heteroatoms. The zero-order valence-electron chi connectivity index (χ0n) is 11.7. The lowest BCUT2D eigenvalue weighted by molar-refractivity contribution is -0.124. The van der Waals surface area contributed by atoms with Crippen LogP contribution >= 0.6 is 11.8 Å². The Morgan fingerprint density at radius 2 is 2.35 bits per heavy atom. The van der Waals surface area contributed by atoms with Gasteiger partial charge in [0.25, 0.3) is 5.56 Å². The summed E-state index contributed by atoms with van der Waals surface area (Å²) in [5, 5.41) is 3.77. The van der Waals surface area contributed by atoms with Crippen LogP contribution < -0.4 is 16.6 Å². The first-order valence-electron chi connectivity index (χ1n) is 6.73. The number of nitrogens with two attached hydrogens (primary N) is 1. The third kappa shape index (κ3) is 3.21. The van der Waals surface area contributed by atoms with E-state index in [4.69, 9.17) is 5.73 Å². The van der Waals surface area contributed by atoms with Crippen LogP contribution in [-0.2, 0) is 4.79 Å². The van der Waals surface area contributed by atoms with E-state index in [0.717, 1.165) is 12.8 Å². The molecule has 0 radical (unpaired) electrons. The molecule has 0 saturated heterocycles. The zero-order valence-corrected chi connectivity index (χ0v) is 12.5. The Bertz CT molecular complexity index is 556. The number of carbonyl (C=O) groups is 1. The van der Waals surface area contributed by atoms with Gasteiger partial charge in [0, 0.05) is 17.5 Å². The Morgan fingerprint density at radius 3 is 2.85 bits per heavy atom. The van der Waals surface area contributed by atoms with Crippen LogP contribution in [0.3, 0.4) is 0 Å². The van der Waals surface area contributed by atoms with Gasteiger partial charge in [0.1, 0.15) is 5.54 Å². The summed E-state index contributed by atoms with van der Waals surface area (Å²) in [5.74, 6) is 0.432. The van der Waals surface area contributed by atoms with Crippen molar-refractivity contribution >= 4 is 17.7 Å². The quantitative estimate of drug-likeness (QED) is 0.500. The highest BCUT2D eigenvalue weighted by Gasteiger charge is 2.49. The predicted molar refractivity (Wildman–Crippen MR) is 78.6 cm³/mol. The topological polar surface area (TPSA) is 101 Å². The fourth-order valence-corrected chi connectivity index (χ4v) is 3.59. The number of H-pyrrole nitrogens is 1. The average molecular weight is 296 g/mol. The Labute approximate surface area is 121 Å². The van der Waals surface area contributed by atoms with Gasteiger partial charge in [-0.2, -0.15) is 0 Å². The van der Waals surface area contributed by atoms with E-state index >= 15 is 0 Å². The highest BCUT2D eigenvalue weighted by molar-refractivity contribution is 7.99. The van der Waals surface area contributed by atoms with E-state index in [9.17, 15) is 9.59 Å². The molecule has 6 nitrogen and oxygen atoms in total. The monoisotopic (exact) mass is 296 g/mol. The van der Waals surface area contributed by atoms with Gasteiger partial charge in [0.05, 0.1) is 0 Å². The van der Waals surface area contributed by atoms with Crippen molar-refractivity contribution in [3.8, 4) is 0 Å². The second kappa shape index (κ2) is 5.97. The number of aryl methyl sites for hydroxylation is 1. The number of nitrogens with one attached hydrogen (secondary N) is 2. The number of aromatic nitrogens is 2. The fourth-order valence-electron chi connectivity index (χ4n) is 2.37. The minimum atomic E-state index is -0.707. The van der Waals surface area contributed by atoms with E-state index < -0.39 is 5.54 Å². The maximum Gasteiger partial charge on any atom is 0.251 e. The summed E-state index contributed by atoms with van der Waals surface area (Å²) in [7, 11) is 0. The van der Waals surface area contributed by atoms with Gasteiger partial charge in [-0.25, -0.2) is 4.98 Å². The number of rotatable bonds is 7. The highest BCUT2D eigenvalue weighted by Crippen LogP contribution is 2.41. The minimum absolute atomic E-state index is 0.181. The van der Waals surface area contributed by atoms with Gasteiger partial charge in [-0.05, 0) is 32.2 Å². The number of thioether (sulfide) groups is 1. The number of primary amides is 1. The molecule has 2 rings (SSSR count). The maximum atomic E-state index is 11.9. The lowest BCUT2D eigenvalue weighted by Crippen LogP contribution is -2.59. The number of nitrogens with zero attached hydrogens (tertiary/aromatic N) is 1. The van der Waals surface area contributed by atoms with Crippen LogP contribution in [0.15, 0.2) is 16.0 Å². The van der Waals surface area contributed by atoms with Crippen molar-refractivity contribution in [1.29, 1.82) is 0 Å². The smallest absolute Gasteiger partial charge is 0.251 e. The van der Waals surface area contributed by atoms with Gasteiger partial charge in [0.2, 0.25) is 5.91 Å². The molecule has 1 fully saturated rings. The zero-order chi connectivity index (χ0) is 14.8. The van der Waals surface area contributed by atoms with Gasteiger partial charge < -0.3 is 16.0 Å². The molecule has 1 amide bonds. The van der Waals surface area contributed by atoms with Crippen molar-refractivity contribution in [2.24, 2.45) is 11.7 Å². The molecule has 1 aliphatic carbocycles. The molecule has 0 aliphatic heterocycles. The Balaban J connectivity index is 2.16. The second-order valence-corrected chi connectivity index (χ2v) is 6.08. The van der Waals surface area contributed by atoms with Crippen LogP contribution in [0.25, 0.3) is 0 Å². The van der Waals surface area contributed by atoms with E-state index in [1.54, 1.807) is 6.92 Å². The Morgan fingerprint density at radius 1 is 1.65 bits per heavy atom. The normalized spacial score (nSPS) is 17.7. The summed E-state index contributed by atoms with van der Waals surface area (Å²) < 4.78 is 0. The van der Waals surface area contributed by atoms with Crippen molar-refractivity contribution in [3.63, 3.8) is 0 Å². The van der Waals surface area contributed by atoms with Gasteiger partial charge >= 0.3 is 0 Å². The van der Waals surface area contributed by atoms with Crippen molar-refractivity contribution in [1.82, 2.24) is 15.3 Å².